The predicted octanol–water partition coefficient (Wildman–Crippen LogP) is 2.93. The molecule has 3 saturated heterocycles. The fourth-order valence-corrected chi connectivity index (χ4v) is 5.26. The summed E-state index contributed by atoms with van der Waals surface area (Å²) in [6.07, 6.45) is 1.89. The molecule has 3 atom stereocenters. The Hall–Kier alpha value is -2.86. The molecule has 1 spiro atoms. The molecule has 30 heavy (non-hydrogen) atoms. The van der Waals surface area contributed by atoms with Gasteiger partial charge in [0.05, 0.1) is 26.1 Å². The first-order valence-electron chi connectivity index (χ1n) is 10.6. The average Bonchev–Trinajstić information content (AvgIpc) is 3.41. The van der Waals surface area contributed by atoms with Crippen LogP contribution in [-0.2, 0) is 20.7 Å². The summed E-state index contributed by atoms with van der Waals surface area (Å²) in [4.78, 5) is 29.6. The smallest absolute Gasteiger partial charge is 0.227 e. The van der Waals surface area contributed by atoms with Gasteiger partial charge in [-0.3, -0.25) is 9.59 Å². The Labute approximate surface area is 176 Å². The predicted molar refractivity (Wildman–Crippen MR) is 111 cm³/mol. The largest absolute Gasteiger partial charge is 0.496 e. The van der Waals surface area contributed by atoms with Crippen molar-refractivity contribution < 1.29 is 19.1 Å². The molecule has 3 aliphatic rings. The van der Waals surface area contributed by atoms with Crippen molar-refractivity contribution in [3.63, 3.8) is 0 Å². The third-order valence-corrected chi connectivity index (χ3v) is 6.72. The topological polar surface area (TPSA) is 59.1 Å². The lowest BCUT2D eigenvalue weighted by atomic mass is 10.0. The molecule has 3 fully saturated rings. The van der Waals surface area contributed by atoms with E-state index >= 15 is 0 Å². The molecule has 2 aromatic carbocycles. The van der Waals surface area contributed by atoms with Crippen molar-refractivity contribution in [3.8, 4) is 5.75 Å². The van der Waals surface area contributed by atoms with E-state index < -0.39 is 5.72 Å². The number of hydrogen-bond donors (Lipinski definition) is 0. The third-order valence-electron chi connectivity index (χ3n) is 6.72. The summed E-state index contributed by atoms with van der Waals surface area (Å²) in [5.74, 6) is 0.958. The van der Waals surface area contributed by atoms with Gasteiger partial charge in [0.25, 0.3) is 0 Å². The summed E-state index contributed by atoms with van der Waals surface area (Å²) >= 11 is 0. The molecule has 0 saturated carbocycles. The van der Waals surface area contributed by atoms with Gasteiger partial charge < -0.3 is 19.3 Å². The van der Waals surface area contributed by atoms with E-state index in [2.05, 4.69) is 0 Å². The number of para-hydroxylation sites is 1. The summed E-state index contributed by atoms with van der Waals surface area (Å²) < 4.78 is 11.9. The molecule has 0 radical (unpaired) electrons. The van der Waals surface area contributed by atoms with Crippen LogP contribution in [0.2, 0.25) is 0 Å². The number of likely N-dealkylation sites (tertiary alicyclic amines) is 1. The SMILES string of the molecule is COc1ccccc1CCC(=O)N1CC[C@@]23O[C@@H](c4ccccc4)CN2C(=O)C[C@@H]13. The highest BCUT2D eigenvalue weighted by molar-refractivity contribution is 5.85. The first-order chi connectivity index (χ1) is 14.6. The van der Waals surface area contributed by atoms with Crippen LogP contribution in [0.25, 0.3) is 0 Å². The monoisotopic (exact) mass is 406 g/mol. The van der Waals surface area contributed by atoms with Gasteiger partial charge in [0.1, 0.15) is 11.9 Å². The van der Waals surface area contributed by atoms with E-state index in [1.165, 1.54) is 0 Å². The van der Waals surface area contributed by atoms with Gasteiger partial charge in [-0.2, -0.15) is 0 Å². The molecule has 3 aliphatic heterocycles. The molecule has 0 unspecified atom stereocenters. The van der Waals surface area contributed by atoms with Crippen LogP contribution >= 0.6 is 0 Å². The van der Waals surface area contributed by atoms with E-state index in [4.69, 9.17) is 9.47 Å². The summed E-state index contributed by atoms with van der Waals surface area (Å²) in [6.45, 7) is 1.18. The molecule has 6 heteroatoms. The molecule has 2 aromatic rings. The second-order valence-corrected chi connectivity index (χ2v) is 8.24. The van der Waals surface area contributed by atoms with E-state index in [1.54, 1.807) is 7.11 Å². The minimum atomic E-state index is -0.669. The summed E-state index contributed by atoms with van der Waals surface area (Å²) in [6, 6.07) is 17.6. The number of benzene rings is 2. The Morgan fingerprint density at radius 3 is 2.73 bits per heavy atom. The van der Waals surface area contributed by atoms with Gasteiger partial charge in [-0.05, 0) is 23.6 Å². The second-order valence-electron chi connectivity index (χ2n) is 8.24. The van der Waals surface area contributed by atoms with Crippen LogP contribution in [0.3, 0.4) is 0 Å². The molecule has 2 amide bonds. The number of rotatable bonds is 5. The van der Waals surface area contributed by atoms with Gasteiger partial charge in [-0.1, -0.05) is 48.5 Å². The second kappa shape index (κ2) is 7.43. The van der Waals surface area contributed by atoms with Crippen LogP contribution in [-0.4, -0.2) is 53.6 Å². The number of hydrogen-bond acceptors (Lipinski definition) is 4. The molecule has 3 heterocycles. The fourth-order valence-electron chi connectivity index (χ4n) is 5.26. The van der Waals surface area contributed by atoms with E-state index in [1.807, 2.05) is 64.4 Å². The van der Waals surface area contributed by atoms with Crippen LogP contribution in [0.5, 0.6) is 5.75 Å². The number of amides is 2. The number of aryl methyl sites for hydroxylation is 1. The summed E-state index contributed by atoms with van der Waals surface area (Å²) in [7, 11) is 1.64. The van der Waals surface area contributed by atoms with Crippen LogP contribution in [0.15, 0.2) is 54.6 Å². The molecule has 5 rings (SSSR count). The minimum Gasteiger partial charge on any atom is -0.496 e. The molecular weight excluding hydrogens is 380 g/mol. The van der Waals surface area contributed by atoms with Gasteiger partial charge in [-0.25, -0.2) is 0 Å². The molecule has 156 valence electrons. The number of nitrogens with zero attached hydrogens (tertiary/aromatic N) is 2. The number of methoxy groups -OCH3 is 1. The van der Waals surface area contributed by atoms with Crippen LogP contribution < -0.4 is 4.74 Å². The average molecular weight is 406 g/mol. The zero-order valence-electron chi connectivity index (χ0n) is 17.1. The maximum atomic E-state index is 13.1. The van der Waals surface area contributed by atoms with Gasteiger partial charge in [0.2, 0.25) is 11.8 Å². The van der Waals surface area contributed by atoms with Gasteiger partial charge in [0, 0.05) is 19.4 Å². The van der Waals surface area contributed by atoms with Crippen LogP contribution in [0.4, 0.5) is 0 Å². The molecule has 0 N–H and O–H groups in total. The summed E-state index contributed by atoms with van der Waals surface area (Å²) in [5, 5.41) is 0. The molecule has 0 bridgehead atoms. The Morgan fingerprint density at radius 1 is 1.17 bits per heavy atom. The van der Waals surface area contributed by atoms with Crippen molar-refractivity contribution in [1.29, 1.82) is 0 Å². The maximum Gasteiger partial charge on any atom is 0.227 e. The first-order valence-corrected chi connectivity index (χ1v) is 10.6. The Balaban J connectivity index is 1.31. The first kappa shape index (κ1) is 19.1. The van der Waals surface area contributed by atoms with Crippen LogP contribution in [0.1, 0.15) is 36.5 Å². The van der Waals surface area contributed by atoms with Gasteiger partial charge in [-0.15, -0.1) is 0 Å². The lowest BCUT2D eigenvalue weighted by Gasteiger charge is -2.32. The number of carbonyl (C=O) groups is 2. The van der Waals surface area contributed by atoms with Crippen LogP contribution in [0, 0.1) is 0 Å². The van der Waals surface area contributed by atoms with Crippen molar-refractivity contribution in [2.75, 3.05) is 20.2 Å². The number of ether oxygens (including phenoxy) is 2. The zero-order valence-corrected chi connectivity index (χ0v) is 17.1. The highest BCUT2D eigenvalue weighted by Crippen LogP contribution is 2.50. The molecular formula is C24H26N2O4. The van der Waals surface area contributed by atoms with E-state index in [-0.39, 0.29) is 24.0 Å². The van der Waals surface area contributed by atoms with Gasteiger partial charge >= 0.3 is 0 Å². The Morgan fingerprint density at radius 2 is 1.93 bits per heavy atom. The van der Waals surface area contributed by atoms with E-state index in [9.17, 15) is 9.59 Å². The van der Waals surface area contributed by atoms with E-state index in [0.29, 0.717) is 38.8 Å². The van der Waals surface area contributed by atoms with Crippen molar-refractivity contribution >= 4 is 11.8 Å². The highest BCUT2D eigenvalue weighted by atomic mass is 16.5. The van der Waals surface area contributed by atoms with Crippen molar-refractivity contribution in [3.05, 3.63) is 65.7 Å². The molecule has 0 aromatic heterocycles. The zero-order chi connectivity index (χ0) is 20.7. The van der Waals surface area contributed by atoms with Crippen molar-refractivity contribution in [2.45, 2.75) is 43.6 Å². The standard InChI is InChI=1S/C24H26N2O4/c1-29-19-10-6-5-9-18(19)11-12-22(27)25-14-13-24-21(25)15-23(28)26(24)16-20(30-24)17-7-3-2-4-8-17/h2-10,20-21H,11-16H2,1H3/t20-,21-,24+/m1/s1. The van der Waals surface area contributed by atoms with Crippen molar-refractivity contribution in [1.82, 2.24) is 9.80 Å². The normalized spacial score (nSPS) is 27.3. The lowest BCUT2D eigenvalue weighted by molar-refractivity contribution is -0.142. The quantitative estimate of drug-likeness (QED) is 0.766. The highest BCUT2D eigenvalue weighted by Gasteiger charge is 2.64. The fraction of sp³-hybridized carbons (Fsp3) is 0.417. The van der Waals surface area contributed by atoms with Crippen molar-refractivity contribution in [2.24, 2.45) is 0 Å². The molecule has 6 nitrogen and oxygen atoms in total. The number of carbonyl (C=O) groups excluding carboxylic acids is 2. The summed E-state index contributed by atoms with van der Waals surface area (Å²) in [5.41, 5.74) is 1.43. The van der Waals surface area contributed by atoms with E-state index in [0.717, 1.165) is 16.9 Å². The molecule has 0 aliphatic carbocycles. The minimum absolute atomic E-state index is 0.0733. The lowest BCUT2D eigenvalue weighted by Crippen LogP contribution is -2.48. The Kier molecular flexibility index (Phi) is 4.74. The van der Waals surface area contributed by atoms with Gasteiger partial charge in [0.15, 0.2) is 5.72 Å². The maximum absolute atomic E-state index is 13.1. The Bertz CT molecular complexity index is 963. The third kappa shape index (κ3) is 2.98.